The smallest absolute Gasteiger partial charge is 0.167 e. The SMILES string of the molecule is c1ccc(-c2nc(-c3ccc(C4(c5ccc6oc7ccccc7c6c5)c5ccccc5-c5ccccc54)cc3)nc(-c3cccc4c3oc3ccccc34)n2)cc1. The Morgan fingerprint density at radius 2 is 0.842 bits per heavy atom. The second-order valence-electron chi connectivity index (χ2n) is 14.7. The number of aromatic nitrogens is 3. The number of hydrogen-bond acceptors (Lipinski definition) is 5. The molecule has 11 aromatic rings. The van der Waals surface area contributed by atoms with E-state index >= 15 is 0 Å². The summed E-state index contributed by atoms with van der Waals surface area (Å²) in [5.74, 6) is 1.75. The van der Waals surface area contributed by atoms with Crippen LogP contribution in [0.4, 0.5) is 0 Å². The van der Waals surface area contributed by atoms with E-state index in [-0.39, 0.29) is 0 Å². The summed E-state index contributed by atoms with van der Waals surface area (Å²) in [5, 5.41) is 4.30. The lowest BCUT2D eigenvalue weighted by Gasteiger charge is -2.34. The molecule has 0 atom stereocenters. The molecule has 0 amide bonds. The Morgan fingerprint density at radius 1 is 0.333 bits per heavy atom. The zero-order chi connectivity index (χ0) is 37.5. The molecule has 3 aromatic heterocycles. The molecule has 3 heterocycles. The summed E-state index contributed by atoms with van der Waals surface area (Å²) in [5.41, 5.74) is 12.7. The van der Waals surface area contributed by atoms with E-state index < -0.39 is 5.41 Å². The van der Waals surface area contributed by atoms with Crippen LogP contribution in [-0.2, 0) is 5.41 Å². The molecule has 0 spiro atoms. The van der Waals surface area contributed by atoms with Crippen molar-refractivity contribution in [2.24, 2.45) is 0 Å². The van der Waals surface area contributed by atoms with Crippen LogP contribution in [0.1, 0.15) is 22.3 Å². The number of benzene rings is 8. The van der Waals surface area contributed by atoms with Gasteiger partial charge < -0.3 is 8.83 Å². The van der Waals surface area contributed by atoms with E-state index in [0.29, 0.717) is 17.5 Å². The third-order valence-electron chi connectivity index (χ3n) is 11.7. The first kappa shape index (κ1) is 31.7. The number of rotatable bonds is 5. The molecular formula is C52H31N3O2. The fourth-order valence-corrected chi connectivity index (χ4v) is 9.12. The summed E-state index contributed by atoms with van der Waals surface area (Å²) in [7, 11) is 0. The molecule has 8 aromatic carbocycles. The Bertz CT molecular complexity index is 3320. The quantitative estimate of drug-likeness (QED) is 0.176. The van der Waals surface area contributed by atoms with Gasteiger partial charge in [-0.15, -0.1) is 0 Å². The van der Waals surface area contributed by atoms with Gasteiger partial charge in [-0.25, -0.2) is 15.0 Å². The van der Waals surface area contributed by atoms with E-state index in [1.807, 2.05) is 72.8 Å². The monoisotopic (exact) mass is 729 g/mol. The van der Waals surface area contributed by atoms with Gasteiger partial charge in [-0.3, -0.25) is 0 Å². The minimum Gasteiger partial charge on any atom is -0.456 e. The number of nitrogens with zero attached hydrogens (tertiary/aromatic N) is 3. The third kappa shape index (κ3) is 4.66. The molecule has 12 rings (SSSR count). The van der Waals surface area contributed by atoms with E-state index in [1.165, 1.54) is 27.8 Å². The van der Waals surface area contributed by atoms with Gasteiger partial charge in [0.15, 0.2) is 17.5 Å². The van der Waals surface area contributed by atoms with Crippen LogP contribution in [0.3, 0.4) is 0 Å². The molecule has 0 aliphatic heterocycles. The second kappa shape index (κ2) is 12.2. The average molecular weight is 730 g/mol. The van der Waals surface area contributed by atoms with Crippen molar-refractivity contribution in [3.63, 3.8) is 0 Å². The fourth-order valence-electron chi connectivity index (χ4n) is 9.12. The molecule has 266 valence electrons. The number of hydrogen-bond donors (Lipinski definition) is 0. The summed E-state index contributed by atoms with van der Waals surface area (Å²) >= 11 is 0. The summed E-state index contributed by atoms with van der Waals surface area (Å²) in [4.78, 5) is 15.3. The lowest BCUT2D eigenvalue weighted by molar-refractivity contribution is 0.668. The molecule has 5 heteroatoms. The topological polar surface area (TPSA) is 65.0 Å². The highest BCUT2D eigenvalue weighted by Crippen LogP contribution is 2.56. The summed E-state index contributed by atoms with van der Waals surface area (Å²) < 4.78 is 12.8. The Labute approximate surface area is 327 Å². The van der Waals surface area contributed by atoms with Gasteiger partial charge in [0, 0.05) is 32.7 Å². The van der Waals surface area contributed by atoms with E-state index in [2.05, 4.69) is 115 Å². The minimum absolute atomic E-state index is 0.559. The maximum Gasteiger partial charge on any atom is 0.167 e. The predicted octanol–water partition coefficient (Wildman–Crippen LogP) is 13.0. The maximum atomic E-state index is 6.45. The molecule has 0 bridgehead atoms. The van der Waals surface area contributed by atoms with Crippen molar-refractivity contribution in [1.82, 2.24) is 15.0 Å². The van der Waals surface area contributed by atoms with Gasteiger partial charge in [-0.1, -0.05) is 158 Å². The van der Waals surface area contributed by atoms with E-state index in [4.69, 9.17) is 23.8 Å². The lowest BCUT2D eigenvalue weighted by atomic mass is 9.67. The molecule has 0 N–H and O–H groups in total. The first-order valence-corrected chi connectivity index (χ1v) is 19.2. The van der Waals surface area contributed by atoms with Gasteiger partial charge in [0.05, 0.1) is 11.0 Å². The molecule has 0 saturated heterocycles. The third-order valence-corrected chi connectivity index (χ3v) is 11.7. The zero-order valence-corrected chi connectivity index (χ0v) is 30.6. The molecular weight excluding hydrogens is 699 g/mol. The Morgan fingerprint density at radius 3 is 1.56 bits per heavy atom. The van der Waals surface area contributed by atoms with Gasteiger partial charge in [0.2, 0.25) is 0 Å². The highest BCUT2D eigenvalue weighted by Gasteiger charge is 2.46. The van der Waals surface area contributed by atoms with Crippen LogP contribution in [0.25, 0.3) is 89.2 Å². The van der Waals surface area contributed by atoms with Crippen LogP contribution in [0.2, 0.25) is 0 Å². The highest BCUT2D eigenvalue weighted by atomic mass is 16.3. The van der Waals surface area contributed by atoms with E-state index in [9.17, 15) is 0 Å². The van der Waals surface area contributed by atoms with Crippen molar-refractivity contribution in [3.8, 4) is 45.3 Å². The van der Waals surface area contributed by atoms with Crippen molar-refractivity contribution < 1.29 is 8.83 Å². The largest absolute Gasteiger partial charge is 0.456 e. The van der Waals surface area contributed by atoms with Crippen molar-refractivity contribution in [2.45, 2.75) is 5.41 Å². The Hall–Kier alpha value is -7.63. The predicted molar refractivity (Wildman–Crippen MR) is 228 cm³/mol. The van der Waals surface area contributed by atoms with Crippen LogP contribution >= 0.6 is 0 Å². The second-order valence-corrected chi connectivity index (χ2v) is 14.7. The van der Waals surface area contributed by atoms with Gasteiger partial charge in [0.25, 0.3) is 0 Å². The van der Waals surface area contributed by atoms with Crippen LogP contribution in [-0.4, -0.2) is 15.0 Å². The molecule has 0 fully saturated rings. The van der Waals surface area contributed by atoms with Gasteiger partial charge in [0.1, 0.15) is 22.3 Å². The fraction of sp³-hybridized carbons (Fsp3) is 0.0192. The summed E-state index contributed by atoms with van der Waals surface area (Å²) in [6, 6.07) is 65.8. The number of para-hydroxylation sites is 3. The average Bonchev–Trinajstić information content (AvgIpc) is 3.95. The molecule has 0 saturated carbocycles. The minimum atomic E-state index is -0.589. The number of furan rings is 2. The van der Waals surface area contributed by atoms with Crippen molar-refractivity contribution in [2.75, 3.05) is 0 Å². The molecule has 5 nitrogen and oxygen atoms in total. The standard InChI is InChI=1S/C52H31N3O2/c1-2-13-32(14-3-1)49-53-50(55-51(54-49)41-20-12-19-40-38-17-6-11-24-46(38)57-48(40)41)33-25-27-34(28-26-33)52(43-21-8-4-15-36(43)37-16-5-9-22-44(37)52)35-29-30-47-42(31-35)39-18-7-10-23-45(39)56-47/h1-31H. The highest BCUT2D eigenvalue weighted by molar-refractivity contribution is 6.09. The summed E-state index contributed by atoms with van der Waals surface area (Å²) in [6.45, 7) is 0. The van der Waals surface area contributed by atoms with Crippen LogP contribution in [0.15, 0.2) is 197 Å². The van der Waals surface area contributed by atoms with Crippen molar-refractivity contribution in [1.29, 1.82) is 0 Å². The molecule has 57 heavy (non-hydrogen) atoms. The Kier molecular flexibility index (Phi) is 6.78. The van der Waals surface area contributed by atoms with Gasteiger partial charge in [-0.2, -0.15) is 0 Å². The summed E-state index contributed by atoms with van der Waals surface area (Å²) in [6.07, 6.45) is 0. The van der Waals surface area contributed by atoms with Crippen molar-refractivity contribution in [3.05, 3.63) is 210 Å². The lowest BCUT2D eigenvalue weighted by Crippen LogP contribution is -2.28. The number of fused-ring (bicyclic) bond motifs is 9. The first-order chi connectivity index (χ1) is 28.2. The van der Waals surface area contributed by atoms with Crippen LogP contribution in [0, 0.1) is 0 Å². The molecule has 1 aliphatic carbocycles. The van der Waals surface area contributed by atoms with Gasteiger partial charge in [-0.05, 0) is 63.7 Å². The van der Waals surface area contributed by atoms with Gasteiger partial charge >= 0.3 is 0 Å². The van der Waals surface area contributed by atoms with Crippen LogP contribution < -0.4 is 0 Å². The zero-order valence-electron chi connectivity index (χ0n) is 30.6. The Balaban J connectivity index is 1.07. The normalized spacial score (nSPS) is 13.1. The first-order valence-electron chi connectivity index (χ1n) is 19.2. The van der Waals surface area contributed by atoms with E-state index in [0.717, 1.165) is 66.1 Å². The van der Waals surface area contributed by atoms with E-state index in [1.54, 1.807) is 0 Å². The molecule has 0 radical (unpaired) electrons. The molecule has 0 unspecified atom stereocenters. The van der Waals surface area contributed by atoms with Crippen molar-refractivity contribution >= 4 is 43.9 Å². The maximum absolute atomic E-state index is 6.45. The molecule has 1 aliphatic rings. The van der Waals surface area contributed by atoms with Crippen LogP contribution in [0.5, 0.6) is 0 Å².